The average Bonchev–Trinajstić information content (AvgIpc) is 1.98. The largest absolute Gasteiger partial charge is 0.481 e. The van der Waals surface area contributed by atoms with E-state index in [0.29, 0.717) is 0 Å². The number of nitrogens with one attached hydrogen (secondary N) is 1. The Morgan fingerprint density at radius 2 is 2.07 bits per heavy atom. The summed E-state index contributed by atoms with van der Waals surface area (Å²) < 4.78 is 36.7. The van der Waals surface area contributed by atoms with Gasteiger partial charge in [0.05, 0.1) is 0 Å². The molecule has 1 fully saturated rings. The smallest absolute Gasteiger partial charge is 0.403 e. The molecule has 1 aliphatic carbocycles. The minimum atomic E-state index is -4.68. The first-order valence-electron chi connectivity index (χ1n) is 4.79. The van der Waals surface area contributed by atoms with Gasteiger partial charge in [0.25, 0.3) is 0 Å². The number of rotatable bonds is 4. The van der Waals surface area contributed by atoms with Crippen LogP contribution in [0.2, 0.25) is 0 Å². The van der Waals surface area contributed by atoms with Gasteiger partial charge in [-0.3, -0.25) is 4.79 Å². The number of carbonyl (C=O) groups is 1. The van der Waals surface area contributed by atoms with Crippen LogP contribution in [0.4, 0.5) is 13.2 Å². The number of aliphatic carboxylic acids is 1. The lowest BCUT2D eigenvalue weighted by Gasteiger charge is -2.40. The zero-order valence-corrected chi connectivity index (χ0v) is 8.40. The molecule has 1 rings (SSSR count). The van der Waals surface area contributed by atoms with Crippen LogP contribution in [0.15, 0.2) is 0 Å². The summed E-state index contributed by atoms with van der Waals surface area (Å²) in [7, 11) is 0. The lowest BCUT2D eigenvalue weighted by molar-refractivity contribution is -0.193. The van der Waals surface area contributed by atoms with Gasteiger partial charge in [0.15, 0.2) is 5.92 Å². The molecule has 88 valence electrons. The highest BCUT2D eigenvalue weighted by atomic mass is 19.4. The van der Waals surface area contributed by atoms with E-state index >= 15 is 0 Å². The van der Waals surface area contributed by atoms with Crippen LogP contribution in [-0.2, 0) is 4.79 Å². The highest BCUT2D eigenvalue weighted by molar-refractivity contribution is 5.71. The van der Waals surface area contributed by atoms with Crippen molar-refractivity contribution in [2.45, 2.75) is 37.9 Å². The first-order chi connectivity index (χ1) is 6.75. The summed E-state index contributed by atoms with van der Waals surface area (Å²) in [6.07, 6.45) is -2.10. The molecule has 1 unspecified atom stereocenters. The lowest BCUT2D eigenvalue weighted by Crippen LogP contribution is -2.52. The molecule has 0 aliphatic heterocycles. The summed E-state index contributed by atoms with van der Waals surface area (Å²) in [6.45, 7) is 1.26. The number of carboxylic acids is 1. The SMILES string of the molecule is CC1(NCC(C(=O)O)C(F)(F)F)CCC1. The van der Waals surface area contributed by atoms with Crippen molar-refractivity contribution in [1.29, 1.82) is 0 Å². The summed E-state index contributed by atoms with van der Waals surface area (Å²) in [6, 6.07) is 0. The van der Waals surface area contributed by atoms with Crippen molar-refractivity contribution in [3.63, 3.8) is 0 Å². The van der Waals surface area contributed by atoms with Gasteiger partial charge in [0.2, 0.25) is 0 Å². The maximum absolute atomic E-state index is 12.2. The van der Waals surface area contributed by atoms with Gasteiger partial charge in [-0.2, -0.15) is 13.2 Å². The second kappa shape index (κ2) is 4.00. The first kappa shape index (κ1) is 12.3. The number of halogens is 3. The Hall–Kier alpha value is -0.780. The Balaban J connectivity index is 2.49. The van der Waals surface area contributed by atoms with Crippen LogP contribution in [0.1, 0.15) is 26.2 Å². The Morgan fingerprint density at radius 1 is 1.53 bits per heavy atom. The zero-order chi connectivity index (χ0) is 11.7. The van der Waals surface area contributed by atoms with E-state index < -0.39 is 24.6 Å². The molecule has 0 amide bonds. The van der Waals surface area contributed by atoms with Crippen LogP contribution in [0, 0.1) is 5.92 Å². The molecular formula is C9H14F3NO2. The first-order valence-corrected chi connectivity index (χ1v) is 4.79. The van der Waals surface area contributed by atoms with Gasteiger partial charge in [-0.15, -0.1) is 0 Å². The molecule has 3 nitrogen and oxygen atoms in total. The number of hydrogen-bond donors (Lipinski definition) is 2. The van der Waals surface area contributed by atoms with Crippen molar-refractivity contribution in [3.05, 3.63) is 0 Å². The Kier molecular flexibility index (Phi) is 3.28. The maximum Gasteiger partial charge on any atom is 0.403 e. The Morgan fingerprint density at radius 3 is 2.33 bits per heavy atom. The monoisotopic (exact) mass is 225 g/mol. The van der Waals surface area contributed by atoms with Crippen molar-refractivity contribution in [1.82, 2.24) is 5.32 Å². The van der Waals surface area contributed by atoms with E-state index in [9.17, 15) is 18.0 Å². The molecule has 0 heterocycles. The molecule has 0 spiro atoms. The minimum absolute atomic E-state index is 0.307. The standard InChI is InChI=1S/C9H14F3NO2/c1-8(3-2-4-8)13-5-6(7(14)15)9(10,11)12/h6,13H,2-5H2,1H3,(H,14,15). The van der Waals surface area contributed by atoms with Gasteiger partial charge in [-0.25, -0.2) is 0 Å². The van der Waals surface area contributed by atoms with Gasteiger partial charge in [0.1, 0.15) is 0 Å². The molecule has 2 N–H and O–H groups in total. The minimum Gasteiger partial charge on any atom is -0.481 e. The molecular weight excluding hydrogens is 211 g/mol. The molecule has 0 radical (unpaired) electrons. The van der Waals surface area contributed by atoms with Crippen LogP contribution in [0.25, 0.3) is 0 Å². The number of hydrogen-bond acceptors (Lipinski definition) is 2. The molecule has 0 aromatic heterocycles. The quantitative estimate of drug-likeness (QED) is 0.766. The molecule has 0 aromatic rings. The molecule has 1 saturated carbocycles. The van der Waals surface area contributed by atoms with E-state index in [1.54, 1.807) is 0 Å². The fourth-order valence-corrected chi connectivity index (χ4v) is 1.58. The Bertz CT molecular complexity index is 248. The summed E-state index contributed by atoms with van der Waals surface area (Å²) >= 11 is 0. The van der Waals surface area contributed by atoms with E-state index in [0.717, 1.165) is 19.3 Å². The van der Waals surface area contributed by atoms with Crippen LogP contribution in [0.3, 0.4) is 0 Å². The van der Waals surface area contributed by atoms with Crippen molar-refractivity contribution in [2.24, 2.45) is 5.92 Å². The normalized spacial score (nSPS) is 21.9. The average molecular weight is 225 g/mol. The third-order valence-electron chi connectivity index (χ3n) is 2.88. The van der Waals surface area contributed by atoms with Crippen molar-refractivity contribution in [3.8, 4) is 0 Å². The maximum atomic E-state index is 12.2. The Labute approximate surface area is 85.7 Å². The summed E-state index contributed by atoms with van der Waals surface area (Å²) in [4.78, 5) is 10.4. The fraction of sp³-hybridized carbons (Fsp3) is 0.889. The summed E-state index contributed by atoms with van der Waals surface area (Å²) in [5, 5.41) is 11.1. The number of alkyl halides is 3. The van der Waals surface area contributed by atoms with Crippen LogP contribution >= 0.6 is 0 Å². The third-order valence-corrected chi connectivity index (χ3v) is 2.88. The van der Waals surface area contributed by atoms with E-state index in [2.05, 4.69) is 5.32 Å². The predicted molar refractivity (Wildman–Crippen MR) is 47.4 cm³/mol. The van der Waals surface area contributed by atoms with Crippen LogP contribution in [0.5, 0.6) is 0 Å². The van der Waals surface area contributed by atoms with Gasteiger partial charge in [0, 0.05) is 12.1 Å². The van der Waals surface area contributed by atoms with Crippen LogP contribution in [-0.4, -0.2) is 29.3 Å². The van der Waals surface area contributed by atoms with Crippen LogP contribution < -0.4 is 5.32 Å². The van der Waals surface area contributed by atoms with E-state index in [-0.39, 0.29) is 5.54 Å². The van der Waals surface area contributed by atoms with Crippen molar-refractivity contribution < 1.29 is 23.1 Å². The molecule has 15 heavy (non-hydrogen) atoms. The van der Waals surface area contributed by atoms with Gasteiger partial charge in [-0.05, 0) is 26.2 Å². The van der Waals surface area contributed by atoms with Gasteiger partial charge < -0.3 is 10.4 Å². The molecule has 6 heteroatoms. The van der Waals surface area contributed by atoms with Gasteiger partial charge in [-0.1, -0.05) is 0 Å². The fourth-order valence-electron chi connectivity index (χ4n) is 1.58. The molecule has 1 atom stereocenters. The van der Waals surface area contributed by atoms with E-state index in [4.69, 9.17) is 5.11 Å². The highest BCUT2D eigenvalue weighted by Gasteiger charge is 2.46. The molecule has 0 bridgehead atoms. The molecule has 0 saturated heterocycles. The second-order valence-corrected chi connectivity index (χ2v) is 4.23. The molecule has 1 aliphatic rings. The lowest BCUT2D eigenvalue weighted by atomic mass is 9.78. The highest BCUT2D eigenvalue weighted by Crippen LogP contribution is 2.32. The molecule has 0 aromatic carbocycles. The predicted octanol–water partition coefficient (Wildman–Crippen LogP) is 1.78. The zero-order valence-electron chi connectivity index (χ0n) is 8.40. The topological polar surface area (TPSA) is 49.3 Å². The summed E-state index contributed by atoms with van der Waals surface area (Å²) in [5.41, 5.74) is -0.307. The van der Waals surface area contributed by atoms with Gasteiger partial charge >= 0.3 is 12.1 Å². The van der Waals surface area contributed by atoms with Crippen molar-refractivity contribution in [2.75, 3.05) is 6.54 Å². The second-order valence-electron chi connectivity index (χ2n) is 4.23. The van der Waals surface area contributed by atoms with E-state index in [1.807, 2.05) is 6.92 Å². The van der Waals surface area contributed by atoms with E-state index in [1.165, 1.54) is 0 Å². The summed E-state index contributed by atoms with van der Waals surface area (Å²) in [5.74, 6) is -4.13. The third kappa shape index (κ3) is 3.09. The number of carboxylic acid groups (broad SMARTS) is 1. The van der Waals surface area contributed by atoms with Crippen molar-refractivity contribution >= 4 is 5.97 Å².